The zero-order chi connectivity index (χ0) is 19.3. The molecule has 0 aliphatic heterocycles. The SMILES string of the molecule is O=C(O)CCc1cn(Cc2ccccc2)nn1.[N-]=[N+]=NCc1ccccc1. The molecule has 0 saturated carbocycles. The van der Waals surface area contributed by atoms with E-state index < -0.39 is 5.97 Å². The van der Waals surface area contributed by atoms with Gasteiger partial charge < -0.3 is 5.11 Å². The number of carboxylic acid groups (broad SMARTS) is 1. The van der Waals surface area contributed by atoms with Gasteiger partial charge in [0.25, 0.3) is 0 Å². The molecule has 8 nitrogen and oxygen atoms in total. The molecule has 138 valence electrons. The number of hydrogen-bond acceptors (Lipinski definition) is 4. The molecule has 0 spiro atoms. The van der Waals surface area contributed by atoms with Crippen molar-refractivity contribution in [2.45, 2.75) is 25.9 Å². The topological polar surface area (TPSA) is 117 Å². The van der Waals surface area contributed by atoms with Crippen molar-refractivity contribution in [3.63, 3.8) is 0 Å². The Morgan fingerprint density at radius 3 is 2.30 bits per heavy atom. The molecule has 0 atom stereocenters. The highest BCUT2D eigenvalue weighted by Gasteiger charge is 2.04. The van der Waals surface area contributed by atoms with Crippen LogP contribution < -0.4 is 0 Å². The molecule has 0 aliphatic carbocycles. The molecule has 1 heterocycles. The number of azide groups is 1. The van der Waals surface area contributed by atoms with Crippen molar-refractivity contribution in [3.05, 3.63) is 94.1 Å². The second-order valence-corrected chi connectivity index (χ2v) is 5.66. The summed E-state index contributed by atoms with van der Waals surface area (Å²) in [6.45, 7) is 1.10. The van der Waals surface area contributed by atoms with E-state index in [0.29, 0.717) is 25.2 Å². The molecule has 0 aliphatic rings. The summed E-state index contributed by atoms with van der Waals surface area (Å²) in [4.78, 5) is 13.1. The Balaban J connectivity index is 0.000000223. The zero-order valence-corrected chi connectivity index (χ0v) is 14.7. The Kier molecular flexibility index (Phi) is 8.07. The fraction of sp³-hybridized carbons (Fsp3) is 0.211. The summed E-state index contributed by atoms with van der Waals surface area (Å²) in [6.07, 6.45) is 2.30. The molecule has 0 fully saturated rings. The van der Waals surface area contributed by atoms with E-state index in [1.54, 1.807) is 10.9 Å². The van der Waals surface area contributed by atoms with Gasteiger partial charge in [-0.3, -0.25) is 4.79 Å². The van der Waals surface area contributed by atoms with Gasteiger partial charge >= 0.3 is 5.97 Å². The molecule has 0 radical (unpaired) electrons. The molecule has 0 unspecified atom stereocenters. The zero-order valence-electron chi connectivity index (χ0n) is 14.7. The van der Waals surface area contributed by atoms with Crippen LogP contribution in [0.2, 0.25) is 0 Å². The van der Waals surface area contributed by atoms with Gasteiger partial charge in [-0.15, -0.1) is 5.10 Å². The van der Waals surface area contributed by atoms with Crippen LogP contribution >= 0.6 is 0 Å². The molecular formula is C19H20N6O2. The maximum absolute atomic E-state index is 10.4. The number of aliphatic carboxylic acids is 1. The van der Waals surface area contributed by atoms with E-state index in [1.165, 1.54) is 0 Å². The molecule has 3 rings (SSSR count). The Bertz CT molecular complexity index is 873. The lowest BCUT2D eigenvalue weighted by Gasteiger charge is -1.99. The van der Waals surface area contributed by atoms with Crippen LogP contribution in [0.4, 0.5) is 0 Å². The van der Waals surface area contributed by atoms with Gasteiger partial charge in [0.2, 0.25) is 0 Å². The van der Waals surface area contributed by atoms with E-state index in [-0.39, 0.29) is 6.42 Å². The van der Waals surface area contributed by atoms with Crippen molar-refractivity contribution in [2.24, 2.45) is 5.11 Å². The number of carbonyl (C=O) groups is 1. The van der Waals surface area contributed by atoms with Crippen LogP contribution in [0.3, 0.4) is 0 Å². The highest BCUT2D eigenvalue weighted by molar-refractivity contribution is 5.66. The number of hydrogen-bond donors (Lipinski definition) is 1. The maximum atomic E-state index is 10.4. The van der Waals surface area contributed by atoms with E-state index in [1.807, 2.05) is 60.7 Å². The lowest BCUT2D eigenvalue weighted by molar-refractivity contribution is -0.136. The fourth-order valence-corrected chi connectivity index (χ4v) is 2.23. The van der Waals surface area contributed by atoms with Crippen molar-refractivity contribution >= 4 is 5.97 Å². The van der Waals surface area contributed by atoms with Crippen molar-refractivity contribution in [1.82, 2.24) is 15.0 Å². The first-order chi connectivity index (χ1) is 13.2. The van der Waals surface area contributed by atoms with Crippen LogP contribution in [0, 0.1) is 0 Å². The highest BCUT2D eigenvalue weighted by atomic mass is 16.4. The number of benzene rings is 2. The molecule has 8 heteroatoms. The standard InChI is InChI=1S/C12H13N3O2.C7H7N3/c16-12(17)7-6-11-9-15(14-13-11)8-10-4-2-1-3-5-10;8-10-9-6-7-4-2-1-3-5-7/h1-5,9H,6-8H2,(H,16,17);1-5H,6H2. The Hall–Kier alpha value is -3.64. The summed E-state index contributed by atoms with van der Waals surface area (Å²) in [7, 11) is 0. The number of rotatable bonds is 7. The average Bonchev–Trinajstić information content (AvgIpc) is 3.14. The number of carboxylic acids is 1. The fourth-order valence-electron chi connectivity index (χ4n) is 2.23. The summed E-state index contributed by atoms with van der Waals surface area (Å²) in [6, 6.07) is 19.5. The number of aryl methyl sites for hydroxylation is 1. The van der Waals surface area contributed by atoms with Crippen LogP contribution in [0.5, 0.6) is 0 Å². The second kappa shape index (κ2) is 11.1. The van der Waals surface area contributed by atoms with Gasteiger partial charge in [-0.05, 0) is 16.7 Å². The summed E-state index contributed by atoms with van der Waals surface area (Å²) >= 11 is 0. The van der Waals surface area contributed by atoms with Crippen LogP contribution in [-0.4, -0.2) is 26.1 Å². The van der Waals surface area contributed by atoms with Crippen molar-refractivity contribution in [2.75, 3.05) is 0 Å². The Labute approximate surface area is 156 Å². The maximum Gasteiger partial charge on any atom is 0.303 e. The highest BCUT2D eigenvalue weighted by Crippen LogP contribution is 2.03. The molecule has 0 amide bonds. The Morgan fingerprint density at radius 1 is 1.07 bits per heavy atom. The molecule has 2 aromatic carbocycles. The van der Waals surface area contributed by atoms with Gasteiger partial charge in [-0.1, -0.05) is 71.0 Å². The molecule has 0 saturated heterocycles. The van der Waals surface area contributed by atoms with Gasteiger partial charge in [0.15, 0.2) is 0 Å². The first-order valence-corrected chi connectivity index (χ1v) is 8.37. The van der Waals surface area contributed by atoms with Crippen molar-refractivity contribution in [3.8, 4) is 0 Å². The van der Waals surface area contributed by atoms with Crippen molar-refractivity contribution < 1.29 is 9.90 Å². The minimum absolute atomic E-state index is 0.0873. The largest absolute Gasteiger partial charge is 0.481 e. The van der Waals surface area contributed by atoms with E-state index in [4.69, 9.17) is 10.6 Å². The van der Waals surface area contributed by atoms with E-state index in [9.17, 15) is 4.79 Å². The molecule has 0 bridgehead atoms. The lowest BCUT2D eigenvalue weighted by Crippen LogP contribution is -2.00. The first kappa shape index (κ1) is 19.7. The van der Waals surface area contributed by atoms with E-state index in [0.717, 1.165) is 11.1 Å². The minimum atomic E-state index is -0.817. The predicted octanol–water partition coefficient (Wildman–Crippen LogP) is 3.84. The molecule has 1 N–H and O–H groups in total. The van der Waals surface area contributed by atoms with Crippen molar-refractivity contribution in [1.29, 1.82) is 0 Å². The van der Waals surface area contributed by atoms with Gasteiger partial charge in [0, 0.05) is 17.5 Å². The van der Waals surface area contributed by atoms with Crippen LogP contribution in [0.25, 0.3) is 10.4 Å². The third-order valence-corrected chi connectivity index (χ3v) is 3.53. The average molecular weight is 364 g/mol. The van der Waals surface area contributed by atoms with E-state index >= 15 is 0 Å². The molecule has 27 heavy (non-hydrogen) atoms. The van der Waals surface area contributed by atoms with Gasteiger partial charge in [-0.25, -0.2) is 4.68 Å². The summed E-state index contributed by atoms with van der Waals surface area (Å²) < 4.78 is 1.71. The summed E-state index contributed by atoms with van der Waals surface area (Å²) in [5, 5.41) is 19.9. The summed E-state index contributed by atoms with van der Waals surface area (Å²) in [5.41, 5.74) is 10.9. The lowest BCUT2D eigenvalue weighted by atomic mass is 10.2. The van der Waals surface area contributed by atoms with Crippen LogP contribution in [-0.2, 0) is 24.3 Å². The summed E-state index contributed by atoms with van der Waals surface area (Å²) in [5.74, 6) is -0.817. The first-order valence-electron chi connectivity index (χ1n) is 8.37. The van der Waals surface area contributed by atoms with Crippen LogP contribution in [0.15, 0.2) is 72.0 Å². The smallest absolute Gasteiger partial charge is 0.303 e. The number of aromatic nitrogens is 3. The normalized spacial score (nSPS) is 9.63. The monoisotopic (exact) mass is 364 g/mol. The molecular weight excluding hydrogens is 344 g/mol. The third kappa shape index (κ3) is 7.85. The quantitative estimate of drug-likeness (QED) is 0.389. The van der Waals surface area contributed by atoms with Gasteiger partial charge in [-0.2, -0.15) is 0 Å². The van der Waals surface area contributed by atoms with Crippen LogP contribution in [0.1, 0.15) is 23.2 Å². The van der Waals surface area contributed by atoms with Gasteiger partial charge in [0.05, 0.1) is 25.2 Å². The van der Waals surface area contributed by atoms with E-state index in [2.05, 4.69) is 20.3 Å². The predicted molar refractivity (Wildman–Crippen MR) is 101 cm³/mol. The molecule has 1 aromatic heterocycles. The number of nitrogens with zero attached hydrogens (tertiary/aromatic N) is 6. The minimum Gasteiger partial charge on any atom is -0.481 e. The Morgan fingerprint density at radius 2 is 1.70 bits per heavy atom. The molecule has 3 aromatic rings. The second-order valence-electron chi connectivity index (χ2n) is 5.66. The third-order valence-electron chi connectivity index (χ3n) is 3.53. The van der Waals surface area contributed by atoms with Gasteiger partial charge in [0.1, 0.15) is 0 Å².